The van der Waals surface area contributed by atoms with Gasteiger partial charge in [0.1, 0.15) is 23.4 Å². The van der Waals surface area contributed by atoms with Crippen molar-refractivity contribution in [2.75, 3.05) is 19.7 Å². The minimum Gasteiger partial charge on any atom is -0.507 e. The largest absolute Gasteiger partial charge is 0.507 e. The molecule has 0 aromatic heterocycles. The Hall–Kier alpha value is -3.83. The summed E-state index contributed by atoms with van der Waals surface area (Å²) >= 11 is 0. The molecule has 0 aliphatic heterocycles. The number of nitrogens with zero attached hydrogens (tertiary/aromatic N) is 1. The predicted octanol–water partition coefficient (Wildman–Crippen LogP) is 3.77. The van der Waals surface area contributed by atoms with E-state index in [4.69, 9.17) is 15.2 Å². The highest BCUT2D eigenvalue weighted by Gasteiger charge is 2.38. The molecule has 0 bridgehead atoms. The molecule has 0 spiro atoms. The third kappa shape index (κ3) is 13.8. The van der Waals surface area contributed by atoms with E-state index in [9.17, 15) is 29.1 Å². The number of ether oxygens (including phenoxy) is 2. The van der Waals surface area contributed by atoms with Crippen molar-refractivity contribution in [2.24, 2.45) is 5.73 Å². The molecule has 43 heavy (non-hydrogen) atoms. The van der Waals surface area contributed by atoms with E-state index in [-0.39, 0.29) is 37.4 Å². The van der Waals surface area contributed by atoms with Gasteiger partial charge in [0, 0.05) is 18.7 Å². The van der Waals surface area contributed by atoms with Crippen molar-refractivity contribution in [3.8, 4) is 5.75 Å². The first-order chi connectivity index (χ1) is 20.2. The molecule has 12 heteroatoms. The molecule has 0 aliphatic rings. The van der Waals surface area contributed by atoms with E-state index in [1.165, 1.54) is 11.0 Å². The number of benzene rings is 1. The normalized spacial score (nSPS) is 12.5. The molecule has 5 N–H and O–H groups in total. The number of carbonyl (C=O) groups excluding carboxylic acids is 5. The van der Waals surface area contributed by atoms with Crippen LogP contribution in [-0.2, 0) is 28.7 Å². The zero-order valence-electron chi connectivity index (χ0n) is 26.5. The monoisotopic (exact) mass is 606 g/mol. The van der Waals surface area contributed by atoms with Crippen LogP contribution in [0.25, 0.3) is 0 Å². The van der Waals surface area contributed by atoms with Gasteiger partial charge in [-0.05, 0) is 46.6 Å². The summed E-state index contributed by atoms with van der Waals surface area (Å²) in [5.74, 6) is -2.92. The third-order valence-corrected chi connectivity index (χ3v) is 6.49. The van der Waals surface area contributed by atoms with Crippen LogP contribution in [0.5, 0.6) is 5.75 Å². The summed E-state index contributed by atoms with van der Waals surface area (Å²) in [4.78, 5) is 65.7. The summed E-state index contributed by atoms with van der Waals surface area (Å²) in [6.07, 6.45) is 3.80. The lowest BCUT2D eigenvalue weighted by Gasteiger charge is -2.34. The number of nitrogens with one attached hydrogen (secondary N) is 2. The van der Waals surface area contributed by atoms with Crippen LogP contribution >= 0.6 is 0 Å². The molecule has 0 saturated heterocycles. The summed E-state index contributed by atoms with van der Waals surface area (Å²) in [6, 6.07) is 2.06. The van der Waals surface area contributed by atoms with Crippen LogP contribution in [0.4, 0.5) is 4.79 Å². The quantitative estimate of drug-likeness (QED) is 0.144. The second-order valence-corrected chi connectivity index (χ2v) is 11.4. The lowest BCUT2D eigenvalue weighted by atomic mass is 9.98. The number of phenols is 1. The molecule has 0 radical (unpaired) electrons. The van der Waals surface area contributed by atoms with Gasteiger partial charge in [-0.25, -0.2) is 4.79 Å². The Morgan fingerprint density at radius 2 is 1.67 bits per heavy atom. The molecule has 2 atom stereocenters. The average molecular weight is 607 g/mol. The number of aromatic hydroxyl groups is 1. The van der Waals surface area contributed by atoms with Crippen LogP contribution in [0.15, 0.2) is 18.2 Å². The minimum absolute atomic E-state index is 0.0688. The maximum absolute atomic E-state index is 14.1. The molecule has 1 aromatic carbocycles. The second-order valence-electron chi connectivity index (χ2n) is 11.4. The SMILES string of the molecule is CCCCCCCCN(C(=O)C(CC(N)=O)NC(=O)OC(C)(C)C)C(C(=O)NCCC(=O)OCC)c1cccc(C)c1O. The number of esters is 1. The van der Waals surface area contributed by atoms with Crippen LogP contribution in [0, 0.1) is 6.92 Å². The summed E-state index contributed by atoms with van der Waals surface area (Å²) in [6.45, 7) is 10.6. The van der Waals surface area contributed by atoms with Crippen molar-refractivity contribution in [3.63, 3.8) is 0 Å². The topological polar surface area (TPSA) is 177 Å². The molecule has 0 fully saturated rings. The number of rotatable bonds is 18. The van der Waals surface area contributed by atoms with Crippen molar-refractivity contribution < 1.29 is 38.6 Å². The van der Waals surface area contributed by atoms with Gasteiger partial charge in [-0.3, -0.25) is 19.2 Å². The molecule has 1 aromatic rings. The molecule has 2 unspecified atom stereocenters. The predicted molar refractivity (Wildman–Crippen MR) is 162 cm³/mol. The molecule has 1 rings (SSSR count). The lowest BCUT2D eigenvalue weighted by molar-refractivity contribution is -0.144. The van der Waals surface area contributed by atoms with Crippen LogP contribution in [0.1, 0.15) is 103 Å². The van der Waals surface area contributed by atoms with Gasteiger partial charge in [-0.2, -0.15) is 0 Å². The average Bonchev–Trinajstić information content (AvgIpc) is 2.90. The molecular formula is C31H50N4O8. The van der Waals surface area contributed by atoms with E-state index < -0.39 is 53.9 Å². The fourth-order valence-corrected chi connectivity index (χ4v) is 4.45. The zero-order valence-corrected chi connectivity index (χ0v) is 26.5. The number of hydrogen-bond donors (Lipinski definition) is 4. The Morgan fingerprint density at radius 1 is 1.02 bits per heavy atom. The van der Waals surface area contributed by atoms with Gasteiger partial charge >= 0.3 is 12.1 Å². The smallest absolute Gasteiger partial charge is 0.408 e. The highest BCUT2D eigenvalue weighted by Crippen LogP contribution is 2.32. The van der Waals surface area contributed by atoms with E-state index in [0.717, 1.165) is 32.1 Å². The fourth-order valence-electron chi connectivity index (χ4n) is 4.45. The Labute approximate surface area is 255 Å². The number of unbranched alkanes of at least 4 members (excludes halogenated alkanes) is 5. The zero-order chi connectivity index (χ0) is 32.6. The molecule has 4 amide bonds. The number of carbonyl (C=O) groups is 5. The van der Waals surface area contributed by atoms with Crippen molar-refractivity contribution in [2.45, 2.75) is 111 Å². The number of para-hydroxylation sites is 1. The molecule has 242 valence electrons. The van der Waals surface area contributed by atoms with Crippen LogP contribution < -0.4 is 16.4 Å². The Balaban J connectivity index is 3.52. The van der Waals surface area contributed by atoms with Crippen LogP contribution in [-0.4, -0.2) is 71.1 Å². The van der Waals surface area contributed by atoms with Crippen molar-refractivity contribution >= 4 is 29.8 Å². The maximum atomic E-state index is 14.1. The Morgan fingerprint density at radius 3 is 2.28 bits per heavy atom. The van der Waals surface area contributed by atoms with Crippen molar-refractivity contribution in [3.05, 3.63) is 29.3 Å². The number of hydrogen-bond acceptors (Lipinski definition) is 8. The van der Waals surface area contributed by atoms with Gasteiger partial charge in [0.15, 0.2) is 0 Å². The number of aryl methyl sites for hydroxylation is 1. The maximum Gasteiger partial charge on any atom is 0.408 e. The number of phenolic OH excluding ortho intramolecular Hbond substituents is 1. The van der Waals surface area contributed by atoms with Gasteiger partial charge in [-0.1, -0.05) is 57.2 Å². The highest BCUT2D eigenvalue weighted by molar-refractivity contribution is 5.95. The Bertz CT molecular complexity index is 1090. The first-order valence-corrected chi connectivity index (χ1v) is 15.0. The molecular weight excluding hydrogens is 556 g/mol. The van der Waals surface area contributed by atoms with Crippen molar-refractivity contribution in [1.82, 2.24) is 15.5 Å². The van der Waals surface area contributed by atoms with E-state index in [2.05, 4.69) is 17.6 Å². The molecule has 0 aliphatic carbocycles. The molecule has 0 saturated carbocycles. The number of amides is 4. The standard InChI is InChI=1S/C31H50N4O8/c1-7-9-10-11-12-13-19-35(29(40)23(20-24(32)36)34-30(41)43-31(4,5)6)26(22-16-14-15-21(3)27(22)38)28(39)33-18-17-25(37)42-8-2/h14-16,23,26,38H,7-13,17-20H2,1-6H3,(H2,32,36)(H,33,39)(H,34,41). The second kappa shape index (κ2) is 18.7. The van der Waals surface area contributed by atoms with Gasteiger partial charge in [0.2, 0.25) is 17.7 Å². The van der Waals surface area contributed by atoms with E-state index >= 15 is 0 Å². The third-order valence-electron chi connectivity index (χ3n) is 6.49. The number of alkyl carbamates (subject to hydrolysis) is 1. The van der Waals surface area contributed by atoms with E-state index in [1.807, 2.05) is 0 Å². The van der Waals surface area contributed by atoms with Crippen LogP contribution in [0.2, 0.25) is 0 Å². The van der Waals surface area contributed by atoms with Gasteiger partial charge in [0.25, 0.3) is 0 Å². The fraction of sp³-hybridized carbons (Fsp3) is 0.645. The summed E-state index contributed by atoms with van der Waals surface area (Å²) in [5.41, 5.74) is 5.21. The summed E-state index contributed by atoms with van der Waals surface area (Å²) in [5, 5.41) is 16.1. The first-order valence-electron chi connectivity index (χ1n) is 15.0. The Kier molecular flexibility index (Phi) is 16.1. The van der Waals surface area contributed by atoms with Crippen LogP contribution in [0.3, 0.4) is 0 Å². The highest BCUT2D eigenvalue weighted by atomic mass is 16.6. The van der Waals surface area contributed by atoms with Crippen molar-refractivity contribution in [1.29, 1.82) is 0 Å². The summed E-state index contributed by atoms with van der Waals surface area (Å²) in [7, 11) is 0. The van der Waals surface area contributed by atoms with E-state index in [1.54, 1.807) is 46.8 Å². The van der Waals surface area contributed by atoms with Gasteiger partial charge in [0.05, 0.1) is 19.4 Å². The van der Waals surface area contributed by atoms with E-state index in [0.29, 0.717) is 12.0 Å². The van der Waals surface area contributed by atoms with Gasteiger partial charge in [-0.15, -0.1) is 0 Å². The van der Waals surface area contributed by atoms with Gasteiger partial charge < -0.3 is 35.8 Å². The summed E-state index contributed by atoms with van der Waals surface area (Å²) < 4.78 is 10.2. The molecule has 0 heterocycles. The minimum atomic E-state index is -1.44. The molecule has 12 nitrogen and oxygen atoms in total. The lowest BCUT2D eigenvalue weighted by Crippen LogP contribution is -2.54. The first kappa shape index (κ1) is 37.2. The number of nitrogens with two attached hydrogens (primary N) is 1. The number of primary amides is 1.